The normalized spacial score (nSPS) is 15.8. The van der Waals surface area contributed by atoms with Crippen LogP contribution in [0, 0.1) is 11.6 Å². The second-order valence-electron chi connectivity index (χ2n) is 5.75. The van der Waals surface area contributed by atoms with Crippen LogP contribution in [-0.2, 0) is 5.41 Å². The first-order valence-electron chi connectivity index (χ1n) is 6.46. The highest BCUT2D eigenvalue weighted by Gasteiger charge is 2.36. The quantitative estimate of drug-likeness (QED) is 0.770. The predicted molar refractivity (Wildman–Crippen MR) is 75.0 cm³/mol. The van der Waals surface area contributed by atoms with Gasteiger partial charge in [-0.25, -0.2) is 8.78 Å². The molecule has 0 bridgehead atoms. The fraction of sp³-hybridized carbons (Fsp3) is 0.250. The molecule has 104 valence electrons. The Labute approximate surface area is 116 Å². The molecule has 0 atom stereocenters. The van der Waals surface area contributed by atoms with E-state index in [0.29, 0.717) is 23.4 Å². The lowest BCUT2D eigenvalue weighted by atomic mass is 9.81. The molecule has 2 N–H and O–H groups in total. The molecule has 0 amide bonds. The zero-order chi connectivity index (χ0) is 14.5. The van der Waals surface area contributed by atoms with Crippen LogP contribution in [-0.4, -0.2) is 11.7 Å². The van der Waals surface area contributed by atoms with Crippen LogP contribution >= 0.6 is 0 Å². The molecule has 1 aliphatic heterocycles. The third-order valence-electron chi connectivity index (χ3n) is 3.78. The number of anilines is 1. The van der Waals surface area contributed by atoms with E-state index in [0.717, 1.165) is 11.6 Å². The van der Waals surface area contributed by atoms with Gasteiger partial charge in [0.15, 0.2) is 0 Å². The number of fused-ring (bicyclic) bond motifs is 1. The molecule has 0 aromatic heterocycles. The Morgan fingerprint density at radius 2 is 1.80 bits per heavy atom. The van der Waals surface area contributed by atoms with Crippen molar-refractivity contribution in [1.82, 2.24) is 0 Å². The maximum absolute atomic E-state index is 14.4. The second-order valence-corrected chi connectivity index (χ2v) is 5.75. The monoisotopic (exact) mass is 275 g/mol. The smallest absolute Gasteiger partial charge is 0.141 e. The van der Waals surface area contributed by atoms with Gasteiger partial charge in [-0.05, 0) is 23.3 Å². The highest BCUT2D eigenvalue weighted by Crippen LogP contribution is 2.48. The predicted octanol–water partition coefficient (Wildman–Crippen LogP) is 4.04. The van der Waals surface area contributed by atoms with Crippen LogP contribution in [0.5, 0.6) is 5.75 Å². The molecule has 2 aromatic rings. The molecular formula is C16H15F2NO. The minimum Gasteiger partial charge on any atom is -0.506 e. The summed E-state index contributed by atoms with van der Waals surface area (Å²) in [7, 11) is 0. The lowest BCUT2D eigenvalue weighted by Crippen LogP contribution is -2.20. The lowest BCUT2D eigenvalue weighted by Gasteiger charge is -2.21. The Bertz CT molecular complexity index is 678. The Balaban J connectivity index is 2.31. The molecular weight excluding hydrogens is 260 g/mol. The minimum atomic E-state index is -0.496. The summed E-state index contributed by atoms with van der Waals surface area (Å²) in [5.41, 5.74) is 2.03. The van der Waals surface area contributed by atoms with Crippen LogP contribution in [0.4, 0.5) is 14.5 Å². The number of nitrogens with one attached hydrogen (secondary N) is 1. The van der Waals surface area contributed by atoms with Gasteiger partial charge >= 0.3 is 0 Å². The summed E-state index contributed by atoms with van der Waals surface area (Å²) >= 11 is 0. The van der Waals surface area contributed by atoms with Gasteiger partial charge in [0.1, 0.15) is 17.4 Å². The van der Waals surface area contributed by atoms with E-state index in [9.17, 15) is 13.9 Å². The van der Waals surface area contributed by atoms with Gasteiger partial charge in [-0.15, -0.1) is 0 Å². The van der Waals surface area contributed by atoms with Gasteiger partial charge in [0, 0.05) is 23.6 Å². The van der Waals surface area contributed by atoms with Gasteiger partial charge in [0.2, 0.25) is 0 Å². The van der Waals surface area contributed by atoms with E-state index in [4.69, 9.17) is 0 Å². The molecule has 0 saturated heterocycles. The van der Waals surface area contributed by atoms with Crippen molar-refractivity contribution in [1.29, 1.82) is 0 Å². The van der Waals surface area contributed by atoms with Crippen LogP contribution in [0.3, 0.4) is 0 Å². The van der Waals surface area contributed by atoms with E-state index in [1.165, 1.54) is 12.1 Å². The summed E-state index contributed by atoms with van der Waals surface area (Å²) in [5, 5.41) is 13.0. The van der Waals surface area contributed by atoms with Gasteiger partial charge in [-0.1, -0.05) is 26.0 Å². The number of hydrogen-bond acceptors (Lipinski definition) is 2. The fourth-order valence-corrected chi connectivity index (χ4v) is 2.79. The molecule has 0 unspecified atom stereocenters. The van der Waals surface area contributed by atoms with E-state index >= 15 is 0 Å². The second kappa shape index (κ2) is 4.20. The van der Waals surface area contributed by atoms with Crippen molar-refractivity contribution in [3.05, 3.63) is 47.5 Å². The zero-order valence-electron chi connectivity index (χ0n) is 11.3. The fourth-order valence-electron chi connectivity index (χ4n) is 2.79. The number of benzene rings is 2. The van der Waals surface area contributed by atoms with Crippen molar-refractivity contribution in [3.63, 3.8) is 0 Å². The molecule has 0 radical (unpaired) electrons. The van der Waals surface area contributed by atoms with Crippen LogP contribution < -0.4 is 5.32 Å². The van der Waals surface area contributed by atoms with Crippen LogP contribution in [0.1, 0.15) is 19.4 Å². The summed E-state index contributed by atoms with van der Waals surface area (Å²) in [5.74, 6) is -0.944. The first-order chi connectivity index (χ1) is 9.40. The van der Waals surface area contributed by atoms with Gasteiger partial charge in [0.25, 0.3) is 0 Å². The number of phenols is 1. The maximum atomic E-state index is 14.4. The summed E-state index contributed by atoms with van der Waals surface area (Å²) in [6, 6.07) is 6.83. The van der Waals surface area contributed by atoms with Gasteiger partial charge in [-0.2, -0.15) is 0 Å². The molecule has 0 saturated carbocycles. The topological polar surface area (TPSA) is 32.3 Å². The average Bonchev–Trinajstić information content (AvgIpc) is 2.69. The molecule has 1 heterocycles. The first kappa shape index (κ1) is 12.9. The van der Waals surface area contributed by atoms with Crippen molar-refractivity contribution >= 4 is 5.69 Å². The Morgan fingerprint density at radius 3 is 2.45 bits per heavy atom. The van der Waals surface area contributed by atoms with E-state index in [2.05, 4.69) is 5.32 Å². The summed E-state index contributed by atoms with van der Waals surface area (Å²) < 4.78 is 27.4. The van der Waals surface area contributed by atoms with E-state index < -0.39 is 5.82 Å². The number of halogens is 2. The van der Waals surface area contributed by atoms with Crippen LogP contribution in [0.15, 0.2) is 30.3 Å². The SMILES string of the molecule is CC1(C)CNc2c(O)cc(F)c(-c3ccc(F)cc3)c21. The Kier molecular flexibility index (Phi) is 2.71. The van der Waals surface area contributed by atoms with Gasteiger partial charge in [0.05, 0.1) is 5.69 Å². The molecule has 2 nitrogen and oxygen atoms in total. The molecule has 20 heavy (non-hydrogen) atoms. The van der Waals surface area contributed by atoms with Crippen molar-refractivity contribution in [2.45, 2.75) is 19.3 Å². The molecule has 0 spiro atoms. The minimum absolute atomic E-state index is 0.0889. The van der Waals surface area contributed by atoms with Crippen molar-refractivity contribution in [2.24, 2.45) is 0 Å². The molecule has 2 aromatic carbocycles. The van der Waals surface area contributed by atoms with Crippen molar-refractivity contribution in [3.8, 4) is 16.9 Å². The number of rotatable bonds is 1. The zero-order valence-corrected chi connectivity index (χ0v) is 11.3. The molecule has 4 heteroatoms. The third kappa shape index (κ3) is 1.83. The van der Waals surface area contributed by atoms with Crippen molar-refractivity contribution in [2.75, 3.05) is 11.9 Å². The number of aromatic hydroxyl groups is 1. The van der Waals surface area contributed by atoms with Gasteiger partial charge < -0.3 is 10.4 Å². The third-order valence-corrected chi connectivity index (χ3v) is 3.78. The Hall–Kier alpha value is -2.10. The maximum Gasteiger partial charge on any atom is 0.141 e. The van der Waals surface area contributed by atoms with Crippen LogP contribution in [0.2, 0.25) is 0 Å². The summed E-state index contributed by atoms with van der Waals surface area (Å²) in [6.07, 6.45) is 0. The summed E-state index contributed by atoms with van der Waals surface area (Å²) in [6.45, 7) is 4.59. The average molecular weight is 275 g/mol. The van der Waals surface area contributed by atoms with E-state index in [-0.39, 0.29) is 17.0 Å². The number of hydrogen-bond donors (Lipinski definition) is 2. The van der Waals surface area contributed by atoms with Crippen LogP contribution in [0.25, 0.3) is 11.1 Å². The van der Waals surface area contributed by atoms with E-state index in [1.54, 1.807) is 12.1 Å². The standard InChI is InChI=1S/C16H15F2NO/c1-16(2)8-19-15-12(20)7-11(18)13(14(15)16)9-3-5-10(17)6-4-9/h3-7,19-20H,8H2,1-2H3. The Morgan fingerprint density at radius 1 is 1.15 bits per heavy atom. The molecule has 3 rings (SSSR count). The molecule has 0 aliphatic carbocycles. The largest absolute Gasteiger partial charge is 0.506 e. The van der Waals surface area contributed by atoms with Gasteiger partial charge in [-0.3, -0.25) is 0 Å². The van der Waals surface area contributed by atoms with E-state index in [1.807, 2.05) is 13.8 Å². The first-order valence-corrected chi connectivity index (χ1v) is 6.46. The number of phenolic OH excluding ortho intramolecular Hbond substituents is 1. The molecule has 1 aliphatic rings. The lowest BCUT2D eigenvalue weighted by molar-refractivity contribution is 0.471. The highest BCUT2D eigenvalue weighted by molar-refractivity contribution is 5.82. The van der Waals surface area contributed by atoms with Crippen molar-refractivity contribution < 1.29 is 13.9 Å². The molecule has 0 fully saturated rings. The highest BCUT2D eigenvalue weighted by atomic mass is 19.1. The summed E-state index contributed by atoms with van der Waals surface area (Å²) in [4.78, 5) is 0.